The summed E-state index contributed by atoms with van der Waals surface area (Å²) in [6.07, 6.45) is 4.64. The molecule has 0 amide bonds. The lowest BCUT2D eigenvalue weighted by Gasteiger charge is -2.32. The second kappa shape index (κ2) is 7.25. The lowest BCUT2D eigenvalue weighted by Crippen LogP contribution is -2.40. The van der Waals surface area contributed by atoms with Crippen LogP contribution in [-0.4, -0.2) is 49.7 Å². The lowest BCUT2D eigenvalue weighted by atomic mass is 9.96. The zero-order valence-electron chi connectivity index (χ0n) is 12.4. The fourth-order valence-electron chi connectivity index (χ4n) is 2.77. The zero-order chi connectivity index (χ0) is 13.7. The van der Waals surface area contributed by atoms with Gasteiger partial charge in [-0.15, -0.1) is 0 Å². The van der Waals surface area contributed by atoms with Crippen LogP contribution in [0.1, 0.15) is 39.5 Å². The van der Waals surface area contributed by atoms with E-state index in [-0.39, 0.29) is 11.9 Å². The predicted octanol–water partition coefficient (Wildman–Crippen LogP) is 1.65. The summed E-state index contributed by atoms with van der Waals surface area (Å²) in [6, 6.07) is 0.803. The summed E-state index contributed by atoms with van der Waals surface area (Å²) in [5.41, 5.74) is 0. The summed E-state index contributed by atoms with van der Waals surface area (Å²) in [7, 11) is 0. The molecule has 4 nitrogen and oxygen atoms in total. The summed E-state index contributed by atoms with van der Waals surface area (Å²) < 4.78 is 5.10. The van der Waals surface area contributed by atoms with E-state index in [0.717, 1.165) is 45.1 Å². The van der Waals surface area contributed by atoms with Crippen LogP contribution < -0.4 is 5.32 Å². The molecular formula is C15H28N2O2. The zero-order valence-corrected chi connectivity index (χ0v) is 12.4. The summed E-state index contributed by atoms with van der Waals surface area (Å²) in [4.78, 5) is 14.2. The number of carbonyl (C=O) groups excluding carboxylic acids is 1. The van der Waals surface area contributed by atoms with Gasteiger partial charge in [0.2, 0.25) is 0 Å². The molecule has 110 valence electrons. The van der Waals surface area contributed by atoms with Gasteiger partial charge in [-0.3, -0.25) is 4.79 Å². The van der Waals surface area contributed by atoms with Gasteiger partial charge in [0, 0.05) is 12.6 Å². The first-order valence-electron chi connectivity index (χ1n) is 7.81. The number of ether oxygens (including phenoxy) is 1. The molecular weight excluding hydrogens is 240 g/mol. The molecule has 0 radical (unpaired) electrons. The fourth-order valence-corrected chi connectivity index (χ4v) is 2.77. The average Bonchev–Trinajstić information content (AvgIpc) is 3.21. The molecule has 1 unspecified atom stereocenters. The molecule has 0 aromatic heterocycles. The van der Waals surface area contributed by atoms with Gasteiger partial charge in [0.25, 0.3) is 0 Å². The number of likely N-dealkylation sites (tertiary alicyclic amines) is 1. The van der Waals surface area contributed by atoms with Crippen molar-refractivity contribution in [3.8, 4) is 0 Å². The molecule has 1 atom stereocenters. The van der Waals surface area contributed by atoms with Crippen LogP contribution in [0, 0.1) is 11.8 Å². The van der Waals surface area contributed by atoms with Crippen molar-refractivity contribution < 1.29 is 9.53 Å². The van der Waals surface area contributed by atoms with Gasteiger partial charge >= 0.3 is 5.97 Å². The molecule has 19 heavy (non-hydrogen) atoms. The topological polar surface area (TPSA) is 41.6 Å². The van der Waals surface area contributed by atoms with E-state index in [1.807, 2.05) is 6.92 Å². The van der Waals surface area contributed by atoms with Crippen molar-refractivity contribution in [1.29, 1.82) is 0 Å². The highest BCUT2D eigenvalue weighted by Gasteiger charge is 2.27. The smallest absolute Gasteiger partial charge is 0.309 e. The predicted molar refractivity (Wildman–Crippen MR) is 76.0 cm³/mol. The van der Waals surface area contributed by atoms with Gasteiger partial charge in [-0.05, 0) is 58.2 Å². The van der Waals surface area contributed by atoms with E-state index in [4.69, 9.17) is 4.74 Å². The van der Waals surface area contributed by atoms with Gasteiger partial charge in [0.15, 0.2) is 0 Å². The van der Waals surface area contributed by atoms with E-state index in [1.165, 1.54) is 12.8 Å². The quantitative estimate of drug-likeness (QED) is 0.713. The average molecular weight is 268 g/mol. The molecule has 0 bridgehead atoms. The molecule has 0 spiro atoms. The molecule has 1 N–H and O–H groups in total. The summed E-state index contributed by atoms with van der Waals surface area (Å²) >= 11 is 0. The van der Waals surface area contributed by atoms with Crippen molar-refractivity contribution in [2.24, 2.45) is 11.8 Å². The monoisotopic (exact) mass is 268 g/mol. The van der Waals surface area contributed by atoms with Crippen molar-refractivity contribution in [3.63, 3.8) is 0 Å². The number of esters is 1. The molecule has 1 aliphatic heterocycles. The van der Waals surface area contributed by atoms with Gasteiger partial charge in [0.1, 0.15) is 0 Å². The summed E-state index contributed by atoms with van der Waals surface area (Å²) in [6.45, 7) is 9.05. The van der Waals surface area contributed by atoms with E-state index in [1.54, 1.807) is 0 Å². The third-order valence-electron chi connectivity index (χ3n) is 4.11. The number of hydrogen-bond donors (Lipinski definition) is 1. The van der Waals surface area contributed by atoms with E-state index < -0.39 is 0 Å². The molecule has 2 fully saturated rings. The summed E-state index contributed by atoms with van der Waals surface area (Å²) in [5.74, 6) is 0.835. The van der Waals surface area contributed by atoms with Crippen LogP contribution in [0.5, 0.6) is 0 Å². The van der Waals surface area contributed by atoms with Crippen LogP contribution in [0.25, 0.3) is 0 Å². The standard InChI is InChI=1S/C15H28N2O2/c1-3-19-15(18)13-6-8-17(9-7-13)11-12(2)10-16-14-4-5-14/h12-14,16H,3-11H2,1-2H3. The van der Waals surface area contributed by atoms with Crippen LogP contribution in [0.15, 0.2) is 0 Å². The molecule has 0 aromatic carbocycles. The highest BCUT2D eigenvalue weighted by Crippen LogP contribution is 2.21. The van der Waals surface area contributed by atoms with Crippen molar-refractivity contribution >= 4 is 5.97 Å². The van der Waals surface area contributed by atoms with E-state index in [0.29, 0.717) is 12.5 Å². The summed E-state index contributed by atoms with van der Waals surface area (Å²) in [5, 5.41) is 3.59. The first-order valence-corrected chi connectivity index (χ1v) is 7.81. The third-order valence-corrected chi connectivity index (χ3v) is 4.11. The molecule has 1 heterocycles. The van der Waals surface area contributed by atoms with Crippen molar-refractivity contribution in [2.45, 2.75) is 45.6 Å². The second-order valence-electron chi connectivity index (χ2n) is 6.11. The number of nitrogens with zero attached hydrogens (tertiary/aromatic N) is 1. The lowest BCUT2D eigenvalue weighted by molar-refractivity contribution is -0.149. The van der Waals surface area contributed by atoms with Crippen molar-refractivity contribution in [3.05, 3.63) is 0 Å². The number of carbonyl (C=O) groups is 1. The Morgan fingerprint density at radius 1 is 1.32 bits per heavy atom. The van der Waals surface area contributed by atoms with Gasteiger partial charge in [0.05, 0.1) is 12.5 Å². The Bertz CT molecular complexity index is 284. The first-order chi connectivity index (χ1) is 9.19. The molecule has 2 rings (SSSR count). The normalized spacial score (nSPS) is 23.3. The Hall–Kier alpha value is -0.610. The van der Waals surface area contributed by atoms with Gasteiger partial charge in [-0.2, -0.15) is 0 Å². The number of piperidine rings is 1. The highest BCUT2D eigenvalue weighted by molar-refractivity contribution is 5.72. The van der Waals surface area contributed by atoms with Gasteiger partial charge in [-0.1, -0.05) is 6.92 Å². The maximum absolute atomic E-state index is 11.7. The third kappa shape index (κ3) is 5.11. The molecule has 1 saturated heterocycles. The Balaban J connectivity index is 1.60. The first kappa shape index (κ1) is 14.8. The van der Waals surface area contributed by atoms with E-state index in [9.17, 15) is 4.79 Å². The van der Waals surface area contributed by atoms with Gasteiger partial charge < -0.3 is 15.0 Å². The van der Waals surface area contributed by atoms with Crippen molar-refractivity contribution in [1.82, 2.24) is 10.2 Å². The van der Waals surface area contributed by atoms with Crippen LogP contribution in [0.3, 0.4) is 0 Å². The Morgan fingerprint density at radius 2 is 2.00 bits per heavy atom. The Labute approximate surface area is 116 Å². The Kier molecular flexibility index (Phi) is 5.64. The Morgan fingerprint density at radius 3 is 2.58 bits per heavy atom. The van der Waals surface area contributed by atoms with Crippen molar-refractivity contribution in [2.75, 3.05) is 32.8 Å². The minimum absolute atomic E-state index is 0.00518. The molecule has 1 saturated carbocycles. The van der Waals surface area contributed by atoms with Crippen LogP contribution in [-0.2, 0) is 9.53 Å². The fraction of sp³-hybridized carbons (Fsp3) is 0.933. The molecule has 0 aromatic rings. The molecule has 2 aliphatic rings. The minimum Gasteiger partial charge on any atom is -0.466 e. The van der Waals surface area contributed by atoms with Crippen LogP contribution in [0.2, 0.25) is 0 Å². The van der Waals surface area contributed by atoms with Crippen LogP contribution >= 0.6 is 0 Å². The van der Waals surface area contributed by atoms with Gasteiger partial charge in [-0.25, -0.2) is 0 Å². The minimum atomic E-state index is 0.00518. The molecule has 4 heteroatoms. The number of rotatable bonds is 7. The number of hydrogen-bond acceptors (Lipinski definition) is 4. The number of nitrogens with one attached hydrogen (secondary N) is 1. The van der Waals surface area contributed by atoms with E-state index in [2.05, 4.69) is 17.1 Å². The SMILES string of the molecule is CCOC(=O)C1CCN(CC(C)CNC2CC2)CC1. The largest absolute Gasteiger partial charge is 0.466 e. The highest BCUT2D eigenvalue weighted by atomic mass is 16.5. The maximum Gasteiger partial charge on any atom is 0.309 e. The van der Waals surface area contributed by atoms with Crippen LogP contribution in [0.4, 0.5) is 0 Å². The van der Waals surface area contributed by atoms with E-state index >= 15 is 0 Å². The maximum atomic E-state index is 11.7. The second-order valence-corrected chi connectivity index (χ2v) is 6.11. The molecule has 1 aliphatic carbocycles.